The molecule has 1 saturated heterocycles. The highest BCUT2D eigenvalue weighted by atomic mass is 127. The Bertz CT molecular complexity index is 664. The molecule has 1 aromatic rings. The molecule has 142 valence electrons. The van der Waals surface area contributed by atoms with Crippen LogP contribution in [0.3, 0.4) is 0 Å². The maximum Gasteiger partial charge on any atom is 0.193 e. The lowest BCUT2D eigenvalue weighted by atomic mass is 10.2. The number of guanidine groups is 1. The van der Waals surface area contributed by atoms with Gasteiger partial charge in [-0.1, -0.05) is 18.2 Å². The van der Waals surface area contributed by atoms with Crippen LogP contribution < -0.4 is 5.32 Å². The third-order valence-corrected chi connectivity index (χ3v) is 7.03. The SMILES string of the molecule is CN=C(NCCCS(=O)(=O)c1ccccc1)N1CCSC(C)(C)C1.I. The summed E-state index contributed by atoms with van der Waals surface area (Å²) in [6.45, 7) is 6.99. The highest BCUT2D eigenvalue weighted by Crippen LogP contribution is 2.29. The molecule has 1 aromatic carbocycles. The van der Waals surface area contributed by atoms with E-state index in [1.165, 1.54) is 0 Å². The molecule has 25 heavy (non-hydrogen) atoms. The Hall–Kier alpha value is -0.480. The fourth-order valence-electron chi connectivity index (χ4n) is 2.74. The number of sulfone groups is 1. The second-order valence-corrected chi connectivity index (χ2v) is 10.4. The second kappa shape index (κ2) is 10.0. The van der Waals surface area contributed by atoms with Crippen LogP contribution in [0.15, 0.2) is 40.2 Å². The van der Waals surface area contributed by atoms with Crippen molar-refractivity contribution < 1.29 is 8.42 Å². The fraction of sp³-hybridized carbons (Fsp3) is 0.588. The molecule has 1 N–H and O–H groups in total. The van der Waals surface area contributed by atoms with E-state index in [1.54, 1.807) is 31.3 Å². The summed E-state index contributed by atoms with van der Waals surface area (Å²) in [7, 11) is -1.43. The van der Waals surface area contributed by atoms with Gasteiger partial charge < -0.3 is 10.2 Å². The molecule has 0 amide bonds. The molecule has 0 aromatic heterocycles. The zero-order chi connectivity index (χ0) is 17.6. The van der Waals surface area contributed by atoms with Crippen LogP contribution in [0.25, 0.3) is 0 Å². The Balaban J connectivity index is 0.00000312. The number of aliphatic imine (C=N–C) groups is 1. The zero-order valence-electron chi connectivity index (χ0n) is 15.1. The van der Waals surface area contributed by atoms with Crippen LogP contribution in [0.2, 0.25) is 0 Å². The highest BCUT2D eigenvalue weighted by molar-refractivity contribution is 14.0. The summed E-state index contributed by atoms with van der Waals surface area (Å²) in [5.74, 6) is 2.08. The second-order valence-electron chi connectivity index (χ2n) is 6.49. The highest BCUT2D eigenvalue weighted by Gasteiger charge is 2.28. The number of benzene rings is 1. The average molecular weight is 497 g/mol. The van der Waals surface area contributed by atoms with E-state index in [1.807, 2.05) is 17.8 Å². The average Bonchev–Trinajstić information content (AvgIpc) is 2.55. The number of nitrogens with one attached hydrogen (secondary N) is 1. The molecule has 0 spiro atoms. The molecular formula is C17H28IN3O2S2. The maximum atomic E-state index is 12.3. The minimum Gasteiger partial charge on any atom is -0.356 e. The van der Waals surface area contributed by atoms with Gasteiger partial charge in [0.25, 0.3) is 0 Å². The van der Waals surface area contributed by atoms with Crippen LogP contribution in [0.1, 0.15) is 20.3 Å². The van der Waals surface area contributed by atoms with E-state index in [0.717, 1.165) is 24.8 Å². The summed E-state index contributed by atoms with van der Waals surface area (Å²) in [4.78, 5) is 6.99. The van der Waals surface area contributed by atoms with Gasteiger partial charge in [-0.05, 0) is 32.4 Å². The molecule has 0 bridgehead atoms. The first-order chi connectivity index (χ1) is 11.3. The van der Waals surface area contributed by atoms with Gasteiger partial charge in [0.15, 0.2) is 15.8 Å². The standard InChI is InChI=1S/C17H27N3O2S2.HI/c1-17(2)14-20(11-12-23-17)16(18-3)19-10-7-13-24(21,22)15-8-5-4-6-9-15;/h4-6,8-9H,7,10-14H2,1-3H3,(H,18,19);1H. The number of rotatable bonds is 5. The summed E-state index contributed by atoms with van der Waals surface area (Å²) >= 11 is 1.98. The molecule has 2 rings (SSSR count). The van der Waals surface area contributed by atoms with Crippen molar-refractivity contribution in [2.24, 2.45) is 4.99 Å². The van der Waals surface area contributed by atoms with Gasteiger partial charge >= 0.3 is 0 Å². The molecule has 8 heteroatoms. The van der Waals surface area contributed by atoms with E-state index in [9.17, 15) is 8.42 Å². The van der Waals surface area contributed by atoms with Crippen LogP contribution in [0.4, 0.5) is 0 Å². The molecule has 1 fully saturated rings. The molecule has 1 aliphatic rings. The molecule has 1 heterocycles. The van der Waals surface area contributed by atoms with E-state index >= 15 is 0 Å². The van der Waals surface area contributed by atoms with Gasteiger partial charge in [0, 0.05) is 37.2 Å². The number of halogens is 1. The summed E-state index contributed by atoms with van der Waals surface area (Å²) < 4.78 is 24.7. The number of hydrogen-bond donors (Lipinski definition) is 1. The van der Waals surface area contributed by atoms with Gasteiger partial charge in [0.2, 0.25) is 0 Å². The third-order valence-electron chi connectivity index (χ3n) is 3.91. The van der Waals surface area contributed by atoms with Gasteiger partial charge in [0.1, 0.15) is 0 Å². The van der Waals surface area contributed by atoms with Crippen molar-refractivity contribution in [3.05, 3.63) is 30.3 Å². The number of nitrogens with zero attached hydrogens (tertiary/aromatic N) is 2. The van der Waals surface area contributed by atoms with Crippen LogP contribution in [-0.2, 0) is 9.84 Å². The van der Waals surface area contributed by atoms with E-state index in [2.05, 4.69) is 29.1 Å². The van der Waals surface area contributed by atoms with Crippen molar-refractivity contribution in [3.63, 3.8) is 0 Å². The van der Waals surface area contributed by atoms with Gasteiger partial charge in [-0.3, -0.25) is 4.99 Å². The van der Waals surface area contributed by atoms with Crippen LogP contribution in [0, 0.1) is 0 Å². The lowest BCUT2D eigenvalue weighted by Gasteiger charge is -2.39. The Morgan fingerprint density at radius 2 is 2.00 bits per heavy atom. The number of thioether (sulfide) groups is 1. The first-order valence-corrected chi connectivity index (χ1v) is 10.9. The van der Waals surface area contributed by atoms with Gasteiger partial charge in [-0.15, -0.1) is 24.0 Å². The minimum absolute atomic E-state index is 0. The van der Waals surface area contributed by atoms with Crippen molar-refractivity contribution in [2.45, 2.75) is 29.9 Å². The predicted octanol–water partition coefficient (Wildman–Crippen LogP) is 2.87. The zero-order valence-corrected chi connectivity index (χ0v) is 19.0. The quantitative estimate of drug-likeness (QED) is 0.294. The third kappa shape index (κ3) is 6.97. The van der Waals surface area contributed by atoms with E-state index < -0.39 is 9.84 Å². The molecule has 0 unspecified atom stereocenters. The first kappa shape index (κ1) is 22.6. The lowest BCUT2D eigenvalue weighted by Crippen LogP contribution is -2.51. The Labute approximate surface area is 173 Å². The van der Waals surface area contributed by atoms with Crippen LogP contribution in [-0.4, -0.2) is 62.2 Å². The largest absolute Gasteiger partial charge is 0.356 e. The van der Waals surface area contributed by atoms with Gasteiger partial charge in [-0.25, -0.2) is 8.42 Å². The fourth-order valence-corrected chi connectivity index (χ4v) is 5.18. The molecule has 0 atom stereocenters. The lowest BCUT2D eigenvalue weighted by molar-refractivity contribution is 0.376. The first-order valence-electron chi connectivity index (χ1n) is 8.21. The van der Waals surface area contributed by atoms with Crippen molar-refractivity contribution in [1.29, 1.82) is 0 Å². The Morgan fingerprint density at radius 1 is 1.32 bits per heavy atom. The molecule has 0 saturated carbocycles. The van der Waals surface area contributed by atoms with Gasteiger partial charge in [-0.2, -0.15) is 11.8 Å². The van der Waals surface area contributed by atoms with E-state index in [-0.39, 0.29) is 34.5 Å². The topological polar surface area (TPSA) is 61.8 Å². The Kier molecular flexibility index (Phi) is 9.03. The summed E-state index contributed by atoms with van der Waals surface area (Å²) in [5, 5.41) is 3.30. The maximum absolute atomic E-state index is 12.3. The van der Waals surface area contributed by atoms with Gasteiger partial charge in [0.05, 0.1) is 10.6 Å². The normalized spacial score (nSPS) is 17.7. The summed E-state index contributed by atoms with van der Waals surface area (Å²) in [6, 6.07) is 8.62. The molecule has 0 radical (unpaired) electrons. The Morgan fingerprint density at radius 3 is 2.60 bits per heavy atom. The smallest absolute Gasteiger partial charge is 0.193 e. The molecule has 0 aliphatic carbocycles. The van der Waals surface area contributed by atoms with Crippen LogP contribution in [0.5, 0.6) is 0 Å². The monoisotopic (exact) mass is 497 g/mol. The summed E-state index contributed by atoms with van der Waals surface area (Å²) in [5.41, 5.74) is 0. The van der Waals surface area contributed by atoms with Crippen molar-refractivity contribution in [2.75, 3.05) is 38.2 Å². The van der Waals surface area contributed by atoms with Crippen molar-refractivity contribution in [3.8, 4) is 0 Å². The van der Waals surface area contributed by atoms with Crippen LogP contribution >= 0.6 is 35.7 Å². The summed E-state index contributed by atoms with van der Waals surface area (Å²) in [6.07, 6.45) is 0.558. The van der Waals surface area contributed by atoms with E-state index in [4.69, 9.17) is 0 Å². The minimum atomic E-state index is -3.21. The molecular weight excluding hydrogens is 469 g/mol. The van der Waals surface area contributed by atoms with Crippen molar-refractivity contribution in [1.82, 2.24) is 10.2 Å². The van der Waals surface area contributed by atoms with E-state index in [0.29, 0.717) is 17.9 Å². The molecule has 5 nitrogen and oxygen atoms in total. The van der Waals surface area contributed by atoms with Crippen molar-refractivity contribution >= 4 is 51.5 Å². The predicted molar refractivity (Wildman–Crippen MR) is 118 cm³/mol. The molecule has 1 aliphatic heterocycles. The number of hydrogen-bond acceptors (Lipinski definition) is 4.